The van der Waals surface area contributed by atoms with Crippen molar-refractivity contribution in [3.63, 3.8) is 0 Å². The maximum Gasteiger partial charge on any atom is 0.306 e. The second-order valence-electron chi connectivity index (χ2n) is 11.6. The highest BCUT2D eigenvalue weighted by Crippen LogP contribution is 2.16. The summed E-state index contributed by atoms with van der Waals surface area (Å²) < 4.78 is 5.92. The Balaban J connectivity index is 4.00. The molecular formula is C37H67BrO2. The van der Waals surface area contributed by atoms with Gasteiger partial charge in [-0.3, -0.25) is 4.79 Å². The molecule has 0 N–H and O–H groups in total. The summed E-state index contributed by atoms with van der Waals surface area (Å²) in [4.78, 5) is 12.4. The first-order chi connectivity index (χ1) is 19.7. The van der Waals surface area contributed by atoms with Crippen molar-refractivity contribution in [2.24, 2.45) is 0 Å². The lowest BCUT2D eigenvalue weighted by Gasteiger charge is -2.17. The Morgan fingerprint density at radius 2 is 0.950 bits per heavy atom. The van der Waals surface area contributed by atoms with E-state index in [4.69, 9.17) is 4.74 Å². The minimum absolute atomic E-state index is 0.00219. The molecule has 40 heavy (non-hydrogen) atoms. The van der Waals surface area contributed by atoms with E-state index < -0.39 is 0 Å². The van der Waals surface area contributed by atoms with Gasteiger partial charge >= 0.3 is 5.97 Å². The first-order valence-corrected chi connectivity index (χ1v) is 18.6. The third-order valence-corrected chi connectivity index (χ3v) is 8.12. The molecule has 0 rings (SSSR count). The molecule has 0 aromatic heterocycles. The molecule has 0 aliphatic heterocycles. The van der Waals surface area contributed by atoms with Gasteiger partial charge in [-0.15, -0.1) is 0 Å². The Labute approximate surface area is 259 Å². The van der Waals surface area contributed by atoms with Crippen molar-refractivity contribution in [3.05, 3.63) is 36.5 Å². The van der Waals surface area contributed by atoms with Crippen molar-refractivity contribution in [3.8, 4) is 0 Å². The summed E-state index contributed by atoms with van der Waals surface area (Å²) in [5.74, 6) is 0.00219. The van der Waals surface area contributed by atoms with Gasteiger partial charge in [0.1, 0.15) is 6.10 Å². The van der Waals surface area contributed by atoms with Gasteiger partial charge in [-0.1, -0.05) is 124 Å². The number of carbonyl (C=O) groups is 1. The van der Waals surface area contributed by atoms with Gasteiger partial charge < -0.3 is 4.74 Å². The van der Waals surface area contributed by atoms with Crippen LogP contribution in [0.15, 0.2) is 36.5 Å². The molecular weight excluding hydrogens is 556 g/mol. The summed E-state index contributed by atoms with van der Waals surface area (Å²) >= 11 is 3.47. The number of hydrogen-bond donors (Lipinski definition) is 0. The van der Waals surface area contributed by atoms with Crippen LogP contribution in [-0.4, -0.2) is 17.4 Å². The molecule has 2 nitrogen and oxygen atoms in total. The number of halogens is 1. The van der Waals surface area contributed by atoms with Crippen LogP contribution >= 0.6 is 15.9 Å². The zero-order chi connectivity index (χ0) is 29.2. The summed E-state index contributed by atoms with van der Waals surface area (Å²) in [6.45, 7) is 4.52. The molecule has 234 valence electrons. The SMILES string of the molecule is CCCCC/C=C\CCCCCCCC/C=C/CCC(CCCC/C=C/CCCCC)OC(=O)CCCCCBr. The monoisotopic (exact) mass is 622 g/mol. The number of rotatable bonds is 31. The number of ether oxygens (including phenoxy) is 1. The Bertz CT molecular complexity index is 595. The number of esters is 1. The first-order valence-electron chi connectivity index (χ1n) is 17.4. The maximum atomic E-state index is 12.4. The molecule has 0 radical (unpaired) electrons. The van der Waals surface area contributed by atoms with Crippen molar-refractivity contribution in [1.82, 2.24) is 0 Å². The third-order valence-electron chi connectivity index (χ3n) is 7.56. The maximum absolute atomic E-state index is 12.4. The number of unbranched alkanes of at least 4 members (excludes halogenated alkanes) is 17. The van der Waals surface area contributed by atoms with Gasteiger partial charge in [0.25, 0.3) is 0 Å². The zero-order valence-corrected chi connectivity index (χ0v) is 28.4. The van der Waals surface area contributed by atoms with E-state index in [1.165, 1.54) is 109 Å². The average molecular weight is 624 g/mol. The van der Waals surface area contributed by atoms with Crippen molar-refractivity contribution in [1.29, 1.82) is 0 Å². The van der Waals surface area contributed by atoms with Crippen LogP contribution in [0.3, 0.4) is 0 Å². The summed E-state index contributed by atoms with van der Waals surface area (Å²) in [5.41, 5.74) is 0. The van der Waals surface area contributed by atoms with Crippen LogP contribution in [0.1, 0.15) is 181 Å². The van der Waals surface area contributed by atoms with Gasteiger partial charge in [0, 0.05) is 11.8 Å². The van der Waals surface area contributed by atoms with Gasteiger partial charge in [0.2, 0.25) is 0 Å². The molecule has 0 amide bonds. The Morgan fingerprint density at radius 3 is 1.45 bits per heavy atom. The fourth-order valence-electron chi connectivity index (χ4n) is 4.93. The molecule has 0 aliphatic rings. The fourth-order valence-corrected chi connectivity index (χ4v) is 5.32. The molecule has 0 bridgehead atoms. The minimum atomic E-state index is 0.00219. The smallest absolute Gasteiger partial charge is 0.306 e. The van der Waals surface area contributed by atoms with Crippen LogP contribution in [0.2, 0.25) is 0 Å². The summed E-state index contributed by atoms with van der Waals surface area (Å²) in [6, 6.07) is 0. The molecule has 1 atom stereocenters. The lowest BCUT2D eigenvalue weighted by Crippen LogP contribution is -2.18. The largest absolute Gasteiger partial charge is 0.462 e. The number of allylic oxidation sites excluding steroid dienone is 6. The highest BCUT2D eigenvalue weighted by atomic mass is 79.9. The Morgan fingerprint density at radius 1 is 0.525 bits per heavy atom. The standard InChI is InChI=1S/C37H67BrO2/c1-3-5-7-9-11-13-14-15-16-17-18-19-20-22-24-26-29-33-36(40-37(39)34-30-27-31-35-38)32-28-25-23-21-12-10-8-6-4-2/h11-13,21,24,26,36H,3-10,14-20,22-23,25,27-35H2,1-2H3/b13-11-,21-12+,26-24+. The lowest BCUT2D eigenvalue weighted by molar-refractivity contribution is -0.149. The van der Waals surface area contributed by atoms with Crippen molar-refractivity contribution >= 4 is 21.9 Å². The number of carbonyl (C=O) groups excluding carboxylic acids is 1. The normalized spacial score (nSPS) is 12.8. The highest BCUT2D eigenvalue weighted by Gasteiger charge is 2.13. The summed E-state index contributed by atoms with van der Waals surface area (Å²) in [5, 5.41) is 1.02. The van der Waals surface area contributed by atoms with Crippen LogP contribution in [0, 0.1) is 0 Å². The van der Waals surface area contributed by atoms with Gasteiger partial charge in [0.15, 0.2) is 0 Å². The fraction of sp³-hybridized carbons (Fsp3) is 0.811. The van der Waals surface area contributed by atoms with Crippen LogP contribution in [0.4, 0.5) is 0 Å². The Kier molecular flexibility index (Phi) is 33.7. The van der Waals surface area contributed by atoms with Crippen molar-refractivity contribution < 1.29 is 9.53 Å². The predicted octanol–water partition coefficient (Wildman–Crippen LogP) is 13.1. The Hall–Kier alpha value is -0.830. The van der Waals surface area contributed by atoms with Crippen molar-refractivity contribution in [2.75, 3.05) is 5.33 Å². The minimum Gasteiger partial charge on any atom is -0.462 e. The average Bonchev–Trinajstić information content (AvgIpc) is 2.95. The van der Waals surface area contributed by atoms with Gasteiger partial charge in [-0.05, 0) is 103 Å². The highest BCUT2D eigenvalue weighted by molar-refractivity contribution is 9.09. The van der Waals surface area contributed by atoms with Crippen LogP contribution in [-0.2, 0) is 9.53 Å². The third kappa shape index (κ3) is 31.7. The van der Waals surface area contributed by atoms with Gasteiger partial charge in [-0.25, -0.2) is 0 Å². The van der Waals surface area contributed by atoms with Gasteiger partial charge in [-0.2, -0.15) is 0 Å². The number of alkyl halides is 1. The van der Waals surface area contributed by atoms with E-state index in [1.807, 2.05) is 0 Å². The predicted molar refractivity (Wildman–Crippen MR) is 182 cm³/mol. The van der Waals surface area contributed by atoms with Crippen LogP contribution in [0.5, 0.6) is 0 Å². The van der Waals surface area contributed by atoms with E-state index in [9.17, 15) is 4.79 Å². The summed E-state index contributed by atoms with van der Waals surface area (Å²) in [6.07, 6.45) is 45.4. The summed E-state index contributed by atoms with van der Waals surface area (Å²) in [7, 11) is 0. The van der Waals surface area contributed by atoms with E-state index in [-0.39, 0.29) is 12.1 Å². The molecule has 0 aromatic rings. The molecule has 0 heterocycles. The van der Waals surface area contributed by atoms with E-state index in [0.29, 0.717) is 6.42 Å². The van der Waals surface area contributed by atoms with E-state index in [2.05, 4.69) is 66.2 Å². The van der Waals surface area contributed by atoms with Crippen molar-refractivity contribution in [2.45, 2.75) is 187 Å². The molecule has 3 heteroatoms. The molecule has 0 aliphatic carbocycles. The first kappa shape index (κ1) is 39.2. The quantitative estimate of drug-likeness (QED) is 0.0332. The topological polar surface area (TPSA) is 26.3 Å². The van der Waals surface area contributed by atoms with Crippen LogP contribution in [0.25, 0.3) is 0 Å². The molecule has 0 fully saturated rings. The zero-order valence-electron chi connectivity index (χ0n) is 26.8. The molecule has 0 spiro atoms. The van der Waals surface area contributed by atoms with E-state index in [0.717, 1.165) is 56.7 Å². The van der Waals surface area contributed by atoms with Crippen LogP contribution < -0.4 is 0 Å². The molecule has 0 saturated carbocycles. The van der Waals surface area contributed by atoms with E-state index in [1.54, 1.807) is 0 Å². The van der Waals surface area contributed by atoms with E-state index >= 15 is 0 Å². The number of hydrogen-bond acceptors (Lipinski definition) is 2. The molecule has 0 saturated heterocycles. The molecule has 0 aromatic carbocycles. The molecule has 1 unspecified atom stereocenters. The second kappa shape index (κ2) is 34.4. The lowest BCUT2D eigenvalue weighted by atomic mass is 10.0. The van der Waals surface area contributed by atoms with Gasteiger partial charge in [0.05, 0.1) is 0 Å². The second-order valence-corrected chi connectivity index (χ2v) is 12.4.